The maximum Gasteiger partial charge on any atom is 0.401 e. The number of hydrogen-bond acceptors (Lipinski definition) is 7. The van der Waals surface area contributed by atoms with Crippen molar-refractivity contribution >= 4 is 22.8 Å². The average molecular weight is 512 g/mol. The molecule has 6 rings (SSSR count). The molecule has 12 heteroatoms. The fourth-order valence-corrected chi connectivity index (χ4v) is 4.78. The van der Waals surface area contributed by atoms with Gasteiger partial charge in [-0.15, -0.1) is 0 Å². The number of alkyl halides is 3. The molecule has 1 amide bonds. The van der Waals surface area contributed by atoms with Crippen molar-refractivity contribution in [3.63, 3.8) is 0 Å². The van der Waals surface area contributed by atoms with Gasteiger partial charge in [0, 0.05) is 41.4 Å². The third kappa shape index (κ3) is 3.91. The quantitative estimate of drug-likeness (QED) is 0.386. The van der Waals surface area contributed by atoms with Crippen LogP contribution >= 0.6 is 0 Å². The van der Waals surface area contributed by atoms with Gasteiger partial charge in [-0.3, -0.25) is 9.88 Å². The number of ether oxygens (including phenoxy) is 1. The highest BCUT2D eigenvalue weighted by Gasteiger charge is 2.66. The van der Waals surface area contributed by atoms with Gasteiger partial charge in [0.2, 0.25) is 5.88 Å². The molecule has 1 aromatic carbocycles. The smallest absolute Gasteiger partial charge is 0.401 e. The second kappa shape index (κ2) is 8.30. The molecule has 9 nitrogen and oxygen atoms in total. The molecular weight excluding hydrogens is 489 g/mol. The number of amides is 1. The SMILES string of the molecule is Cc1c(Oc2ncnc3c2C[C@H](C)NC3)ccc2c1ccn2C(=O)Nc1cc(C2(C(F)(F)F)CC2)on1. The van der Waals surface area contributed by atoms with Crippen molar-refractivity contribution in [1.29, 1.82) is 0 Å². The molecule has 1 aliphatic heterocycles. The molecule has 3 aromatic heterocycles. The minimum Gasteiger partial charge on any atom is -0.438 e. The molecule has 2 N–H and O–H groups in total. The van der Waals surface area contributed by atoms with Crippen molar-refractivity contribution in [3.8, 4) is 11.6 Å². The topological polar surface area (TPSA) is 107 Å². The van der Waals surface area contributed by atoms with Crippen molar-refractivity contribution in [3.05, 3.63) is 59.4 Å². The number of aromatic nitrogens is 4. The normalized spacial score (nSPS) is 18.5. The Balaban J connectivity index is 1.24. The van der Waals surface area contributed by atoms with E-state index >= 15 is 0 Å². The van der Waals surface area contributed by atoms with Crippen LogP contribution in [-0.4, -0.2) is 37.9 Å². The van der Waals surface area contributed by atoms with Gasteiger partial charge in [0.1, 0.15) is 17.5 Å². The highest BCUT2D eigenvalue weighted by molar-refractivity contribution is 5.99. The lowest BCUT2D eigenvalue weighted by atomic mass is 10.0. The summed E-state index contributed by atoms with van der Waals surface area (Å²) in [6, 6.07) is 6.11. The molecule has 4 heterocycles. The summed E-state index contributed by atoms with van der Waals surface area (Å²) in [5, 5.41) is 10.3. The Bertz CT molecular complexity index is 1520. The molecule has 2 aliphatic rings. The van der Waals surface area contributed by atoms with E-state index in [0.29, 0.717) is 23.7 Å². The van der Waals surface area contributed by atoms with E-state index in [1.807, 2.05) is 6.92 Å². The van der Waals surface area contributed by atoms with Gasteiger partial charge in [0.15, 0.2) is 11.6 Å². The van der Waals surface area contributed by atoms with Gasteiger partial charge in [-0.05, 0) is 51.3 Å². The maximum atomic E-state index is 13.4. The minimum absolute atomic E-state index is 0.0568. The van der Waals surface area contributed by atoms with Gasteiger partial charge >= 0.3 is 12.2 Å². The number of halogens is 3. The molecule has 1 fully saturated rings. The van der Waals surface area contributed by atoms with Crippen LogP contribution < -0.4 is 15.4 Å². The average Bonchev–Trinajstić information content (AvgIpc) is 3.36. The number of benzene rings is 1. The molecule has 0 bridgehead atoms. The van der Waals surface area contributed by atoms with Crippen molar-refractivity contribution < 1.29 is 27.2 Å². The van der Waals surface area contributed by atoms with E-state index in [-0.39, 0.29) is 30.5 Å². The zero-order valence-corrected chi connectivity index (χ0v) is 20.0. The van der Waals surface area contributed by atoms with Crippen LogP contribution in [-0.2, 0) is 18.4 Å². The molecule has 0 spiro atoms. The van der Waals surface area contributed by atoms with Gasteiger partial charge in [-0.2, -0.15) is 13.2 Å². The Morgan fingerprint density at radius 2 is 2.08 bits per heavy atom. The standard InChI is InChI=1S/C25H23F3N6O3/c1-13-9-16-17(11-29-13)30-12-31-22(16)36-19-4-3-18-15(14(19)2)5-8-34(18)23(35)32-21-10-20(37-33-21)24(6-7-24)25(26,27)28/h3-5,8,10,12-13,29H,6-7,9,11H2,1-2H3,(H,32,33,35)/t13-/m0/s1. The van der Waals surface area contributed by atoms with E-state index in [1.165, 1.54) is 10.9 Å². The summed E-state index contributed by atoms with van der Waals surface area (Å²) in [4.78, 5) is 21.6. The van der Waals surface area contributed by atoms with Crippen LogP contribution in [0.25, 0.3) is 10.9 Å². The summed E-state index contributed by atoms with van der Waals surface area (Å²) in [6.07, 6.45) is -0.734. The number of hydrogen-bond donors (Lipinski definition) is 2. The molecule has 1 atom stereocenters. The largest absolute Gasteiger partial charge is 0.438 e. The third-order valence-electron chi connectivity index (χ3n) is 7.15. The van der Waals surface area contributed by atoms with Crippen LogP contribution in [0, 0.1) is 6.92 Å². The zero-order chi connectivity index (χ0) is 25.9. The summed E-state index contributed by atoms with van der Waals surface area (Å²) in [5.41, 5.74) is 1.28. The maximum absolute atomic E-state index is 13.4. The highest BCUT2D eigenvalue weighted by atomic mass is 19.4. The molecule has 0 unspecified atom stereocenters. The van der Waals surface area contributed by atoms with Crippen LogP contribution in [0.2, 0.25) is 0 Å². The predicted octanol–water partition coefficient (Wildman–Crippen LogP) is 5.23. The predicted molar refractivity (Wildman–Crippen MR) is 127 cm³/mol. The Labute approximate surface area is 209 Å². The summed E-state index contributed by atoms with van der Waals surface area (Å²) in [7, 11) is 0. The van der Waals surface area contributed by atoms with Crippen molar-refractivity contribution in [1.82, 2.24) is 25.0 Å². The number of fused-ring (bicyclic) bond motifs is 2. The first-order valence-electron chi connectivity index (χ1n) is 11.9. The fraction of sp³-hybridized carbons (Fsp3) is 0.360. The fourth-order valence-electron chi connectivity index (χ4n) is 4.78. The summed E-state index contributed by atoms with van der Waals surface area (Å²) in [5.74, 6) is 0.738. The van der Waals surface area contributed by atoms with E-state index < -0.39 is 17.6 Å². The van der Waals surface area contributed by atoms with E-state index in [2.05, 4.69) is 32.7 Å². The molecular formula is C25H23F3N6O3. The van der Waals surface area contributed by atoms with Crippen molar-refractivity contribution in [2.24, 2.45) is 0 Å². The lowest BCUT2D eigenvalue weighted by Crippen LogP contribution is -2.33. The second-order valence-corrected chi connectivity index (χ2v) is 9.59. The molecule has 0 saturated heterocycles. The number of nitrogens with one attached hydrogen (secondary N) is 2. The van der Waals surface area contributed by atoms with E-state index in [1.54, 1.807) is 24.4 Å². The Kier molecular flexibility index (Phi) is 5.26. The number of rotatable bonds is 4. The Hall–Kier alpha value is -3.93. The first kappa shape index (κ1) is 23.5. The zero-order valence-electron chi connectivity index (χ0n) is 20.0. The van der Waals surface area contributed by atoms with Crippen LogP contribution in [0.5, 0.6) is 11.6 Å². The molecule has 37 heavy (non-hydrogen) atoms. The van der Waals surface area contributed by atoms with E-state index in [0.717, 1.165) is 34.7 Å². The lowest BCUT2D eigenvalue weighted by molar-refractivity contribution is -0.165. The lowest BCUT2D eigenvalue weighted by Gasteiger charge is -2.23. The summed E-state index contributed by atoms with van der Waals surface area (Å²) >= 11 is 0. The van der Waals surface area contributed by atoms with Gasteiger partial charge in [-0.1, -0.05) is 5.16 Å². The van der Waals surface area contributed by atoms with E-state index in [4.69, 9.17) is 9.26 Å². The number of nitrogens with zero attached hydrogens (tertiary/aromatic N) is 4. The Morgan fingerprint density at radius 3 is 2.84 bits per heavy atom. The molecule has 1 saturated carbocycles. The van der Waals surface area contributed by atoms with Gasteiger partial charge in [0.05, 0.1) is 11.2 Å². The highest BCUT2D eigenvalue weighted by Crippen LogP contribution is 2.59. The number of aryl methyl sites for hydroxylation is 1. The minimum atomic E-state index is -4.43. The first-order chi connectivity index (χ1) is 17.7. The van der Waals surface area contributed by atoms with E-state index in [9.17, 15) is 18.0 Å². The first-order valence-corrected chi connectivity index (χ1v) is 11.9. The number of carbonyl (C=O) groups is 1. The van der Waals surface area contributed by atoms with Gasteiger partial charge < -0.3 is 14.6 Å². The van der Waals surface area contributed by atoms with Gasteiger partial charge in [-0.25, -0.2) is 14.8 Å². The summed E-state index contributed by atoms with van der Waals surface area (Å²) < 4.78 is 52.6. The third-order valence-corrected chi connectivity index (χ3v) is 7.15. The van der Waals surface area contributed by atoms with Crippen LogP contribution in [0.1, 0.15) is 42.3 Å². The van der Waals surface area contributed by atoms with Crippen molar-refractivity contribution in [2.45, 2.75) is 57.3 Å². The molecule has 192 valence electrons. The molecule has 0 radical (unpaired) electrons. The van der Waals surface area contributed by atoms with Crippen LogP contribution in [0.3, 0.4) is 0 Å². The summed E-state index contributed by atoms with van der Waals surface area (Å²) in [6.45, 7) is 4.62. The monoisotopic (exact) mass is 512 g/mol. The van der Waals surface area contributed by atoms with Crippen LogP contribution in [0.4, 0.5) is 23.8 Å². The van der Waals surface area contributed by atoms with Crippen molar-refractivity contribution in [2.75, 3.05) is 5.32 Å². The Morgan fingerprint density at radius 1 is 1.27 bits per heavy atom. The van der Waals surface area contributed by atoms with Gasteiger partial charge in [0.25, 0.3) is 0 Å². The second-order valence-electron chi connectivity index (χ2n) is 9.59. The molecule has 1 aliphatic carbocycles. The molecule has 4 aromatic rings. The van der Waals surface area contributed by atoms with Crippen LogP contribution in [0.15, 0.2) is 41.3 Å². The number of anilines is 1. The number of carbonyl (C=O) groups excluding carboxylic acids is 1.